The second-order valence-electron chi connectivity index (χ2n) is 10.8. The standard InChI is InChI=1S/C29H34ClN5O6/c1-29(2,3)41-28(37)35-12-13-39-17(15-35)16-40-22-14-31-10-8-18(22)24-25(23-20(33-24)9-11-32-27(23)36)34-21-7-5-6-19(30)26(21)38-4/h5-8,10,14,17,33-34H,9,11-13,15-16H2,1-4H3,(H,32,36)/t17-/m0/s1. The van der Waals surface area contributed by atoms with E-state index in [2.05, 4.69) is 20.6 Å². The minimum absolute atomic E-state index is 0.184. The predicted molar refractivity (Wildman–Crippen MR) is 154 cm³/mol. The van der Waals surface area contributed by atoms with Crippen molar-refractivity contribution >= 4 is 35.0 Å². The van der Waals surface area contributed by atoms with Crippen molar-refractivity contribution in [1.82, 2.24) is 20.2 Å². The van der Waals surface area contributed by atoms with E-state index in [0.29, 0.717) is 77.4 Å². The van der Waals surface area contributed by atoms with E-state index in [1.54, 1.807) is 36.5 Å². The number of nitrogens with one attached hydrogen (secondary N) is 3. The SMILES string of the molecule is COc1c(Cl)cccc1Nc1c(-c2ccncc2OC[C@@H]2CN(C(=O)OC(C)(C)C)CCO2)[nH]c2c1C(=O)NCC2. The van der Waals surface area contributed by atoms with E-state index >= 15 is 0 Å². The molecular formula is C29H34ClN5O6. The van der Waals surface area contributed by atoms with Crippen LogP contribution >= 0.6 is 11.6 Å². The molecule has 1 atom stereocenters. The van der Waals surface area contributed by atoms with E-state index in [0.717, 1.165) is 5.69 Å². The Labute approximate surface area is 243 Å². The summed E-state index contributed by atoms with van der Waals surface area (Å²) >= 11 is 6.38. The van der Waals surface area contributed by atoms with E-state index in [1.807, 2.05) is 32.9 Å². The summed E-state index contributed by atoms with van der Waals surface area (Å²) in [5.74, 6) is 0.763. The van der Waals surface area contributed by atoms with Crippen molar-refractivity contribution in [3.63, 3.8) is 0 Å². The van der Waals surface area contributed by atoms with Gasteiger partial charge in [-0.15, -0.1) is 0 Å². The summed E-state index contributed by atoms with van der Waals surface area (Å²) in [5.41, 5.74) is 3.27. The lowest BCUT2D eigenvalue weighted by molar-refractivity contribution is -0.0556. The smallest absolute Gasteiger partial charge is 0.410 e. The molecule has 0 spiro atoms. The minimum Gasteiger partial charge on any atom is -0.493 e. The van der Waals surface area contributed by atoms with Crippen molar-refractivity contribution in [2.75, 3.05) is 45.3 Å². The second kappa shape index (κ2) is 11.9. The maximum Gasteiger partial charge on any atom is 0.410 e. The van der Waals surface area contributed by atoms with Crippen molar-refractivity contribution in [3.8, 4) is 22.8 Å². The summed E-state index contributed by atoms with van der Waals surface area (Å²) in [6.45, 7) is 7.38. The third-order valence-electron chi connectivity index (χ3n) is 6.67. The van der Waals surface area contributed by atoms with Crippen molar-refractivity contribution in [3.05, 3.63) is 52.9 Å². The van der Waals surface area contributed by atoms with E-state index < -0.39 is 5.60 Å². The number of ether oxygens (including phenoxy) is 4. The molecule has 3 aromatic rings. The molecule has 0 unspecified atom stereocenters. The predicted octanol–water partition coefficient (Wildman–Crippen LogP) is 4.78. The van der Waals surface area contributed by atoms with Gasteiger partial charge in [0, 0.05) is 37.0 Å². The van der Waals surface area contributed by atoms with Gasteiger partial charge >= 0.3 is 6.09 Å². The maximum absolute atomic E-state index is 13.0. The van der Waals surface area contributed by atoms with Gasteiger partial charge in [0.25, 0.3) is 5.91 Å². The summed E-state index contributed by atoms with van der Waals surface area (Å²) in [6, 6.07) is 7.19. The molecule has 2 aromatic heterocycles. The number of methoxy groups -OCH3 is 1. The molecule has 2 aliphatic heterocycles. The number of aromatic amines is 1. The van der Waals surface area contributed by atoms with Crippen molar-refractivity contribution in [2.45, 2.75) is 38.9 Å². The molecule has 5 rings (SSSR count). The van der Waals surface area contributed by atoms with Gasteiger partial charge in [0.1, 0.15) is 24.1 Å². The number of carbonyl (C=O) groups is 2. The van der Waals surface area contributed by atoms with Gasteiger partial charge in [-0.3, -0.25) is 9.78 Å². The Morgan fingerprint density at radius 1 is 1.29 bits per heavy atom. The van der Waals surface area contributed by atoms with E-state index in [-0.39, 0.29) is 24.7 Å². The lowest BCUT2D eigenvalue weighted by Gasteiger charge is -2.34. The van der Waals surface area contributed by atoms with Crippen LogP contribution in [0, 0.1) is 0 Å². The molecule has 12 heteroatoms. The maximum atomic E-state index is 13.0. The number of H-pyrrole nitrogens is 1. The van der Waals surface area contributed by atoms with Gasteiger partial charge in [-0.2, -0.15) is 0 Å². The molecule has 1 fully saturated rings. The van der Waals surface area contributed by atoms with Crippen molar-refractivity contribution in [1.29, 1.82) is 0 Å². The molecule has 4 heterocycles. The number of halogens is 1. The number of rotatable bonds is 7. The number of carbonyl (C=O) groups excluding carboxylic acids is 2. The van der Waals surface area contributed by atoms with Gasteiger partial charge in [0.05, 0.1) is 54.1 Å². The molecule has 1 saturated heterocycles. The number of aromatic nitrogens is 2. The number of anilines is 2. The Morgan fingerprint density at radius 3 is 2.90 bits per heavy atom. The Bertz CT molecular complexity index is 1440. The summed E-state index contributed by atoms with van der Waals surface area (Å²) in [7, 11) is 1.54. The molecule has 2 aliphatic rings. The van der Waals surface area contributed by atoms with Crippen LogP contribution in [-0.4, -0.2) is 78.5 Å². The normalized spacial score (nSPS) is 17.0. The molecule has 3 N–H and O–H groups in total. The van der Waals surface area contributed by atoms with E-state index in [1.165, 1.54) is 0 Å². The topological polar surface area (TPSA) is 127 Å². The van der Waals surface area contributed by atoms with Crippen LogP contribution in [0.2, 0.25) is 5.02 Å². The first-order chi connectivity index (χ1) is 19.6. The molecule has 11 nitrogen and oxygen atoms in total. The largest absolute Gasteiger partial charge is 0.493 e. The highest BCUT2D eigenvalue weighted by Crippen LogP contribution is 2.42. The fourth-order valence-electron chi connectivity index (χ4n) is 4.85. The van der Waals surface area contributed by atoms with Crippen LogP contribution in [0.25, 0.3) is 11.3 Å². The quantitative estimate of drug-likeness (QED) is 0.363. The molecule has 0 aliphatic carbocycles. The highest BCUT2D eigenvalue weighted by atomic mass is 35.5. The van der Waals surface area contributed by atoms with Crippen LogP contribution in [0.1, 0.15) is 36.8 Å². The fourth-order valence-corrected chi connectivity index (χ4v) is 5.10. The average molecular weight is 584 g/mol. The average Bonchev–Trinajstić information content (AvgIpc) is 3.30. The van der Waals surface area contributed by atoms with Crippen LogP contribution in [-0.2, 0) is 15.9 Å². The van der Waals surface area contributed by atoms with E-state index in [4.69, 9.17) is 30.5 Å². The zero-order chi connectivity index (χ0) is 29.1. The summed E-state index contributed by atoms with van der Waals surface area (Å²) in [6.07, 6.45) is 3.18. The molecule has 1 aromatic carbocycles. The fraction of sp³-hybridized carbons (Fsp3) is 0.414. The lowest BCUT2D eigenvalue weighted by Crippen LogP contribution is -2.49. The van der Waals surface area contributed by atoms with Gasteiger partial charge in [-0.1, -0.05) is 17.7 Å². The zero-order valence-corrected chi connectivity index (χ0v) is 24.3. The Kier molecular flexibility index (Phi) is 8.27. The van der Waals surface area contributed by atoms with Gasteiger partial charge < -0.3 is 39.5 Å². The first kappa shape index (κ1) is 28.6. The third-order valence-corrected chi connectivity index (χ3v) is 6.96. The van der Waals surface area contributed by atoms with E-state index in [9.17, 15) is 9.59 Å². The Morgan fingerprint density at radius 2 is 2.12 bits per heavy atom. The summed E-state index contributed by atoms with van der Waals surface area (Å²) in [5, 5.41) is 6.74. The minimum atomic E-state index is -0.584. The number of morpholine rings is 1. The van der Waals surface area contributed by atoms with Gasteiger partial charge in [0.2, 0.25) is 0 Å². The molecule has 0 bridgehead atoms. The molecular weight excluding hydrogens is 550 g/mol. The highest BCUT2D eigenvalue weighted by molar-refractivity contribution is 6.32. The zero-order valence-electron chi connectivity index (χ0n) is 23.5. The number of nitrogens with zero attached hydrogens (tertiary/aromatic N) is 2. The van der Waals surface area contributed by atoms with Crippen LogP contribution in [0.4, 0.5) is 16.2 Å². The summed E-state index contributed by atoms with van der Waals surface area (Å²) < 4.78 is 23.2. The van der Waals surface area contributed by atoms with Gasteiger partial charge in [0.15, 0.2) is 5.75 Å². The second-order valence-corrected chi connectivity index (χ2v) is 11.2. The Hall–Kier alpha value is -3.96. The molecule has 218 valence electrons. The first-order valence-corrected chi connectivity index (χ1v) is 13.8. The summed E-state index contributed by atoms with van der Waals surface area (Å²) in [4.78, 5) is 34.9. The number of amides is 2. The molecule has 41 heavy (non-hydrogen) atoms. The lowest BCUT2D eigenvalue weighted by atomic mass is 10.0. The molecule has 0 radical (unpaired) electrons. The first-order valence-electron chi connectivity index (χ1n) is 13.4. The van der Waals surface area contributed by atoms with Crippen LogP contribution < -0.4 is 20.1 Å². The number of para-hydroxylation sites is 1. The van der Waals surface area contributed by atoms with Crippen molar-refractivity contribution in [2.24, 2.45) is 0 Å². The highest BCUT2D eigenvalue weighted by Gasteiger charge is 2.31. The Balaban J connectivity index is 1.42. The molecule has 2 amide bonds. The number of fused-ring (bicyclic) bond motifs is 1. The third kappa shape index (κ3) is 6.36. The number of hydrogen-bond donors (Lipinski definition) is 3. The van der Waals surface area contributed by atoms with Crippen LogP contribution in [0.15, 0.2) is 36.7 Å². The number of pyridine rings is 1. The van der Waals surface area contributed by atoms with Crippen LogP contribution in [0.3, 0.4) is 0 Å². The van der Waals surface area contributed by atoms with Crippen LogP contribution in [0.5, 0.6) is 11.5 Å². The van der Waals surface area contributed by atoms with Crippen molar-refractivity contribution < 1.29 is 28.5 Å². The monoisotopic (exact) mass is 583 g/mol. The molecule has 0 saturated carbocycles. The number of benzene rings is 1. The van der Waals surface area contributed by atoms with Gasteiger partial charge in [-0.25, -0.2) is 4.79 Å². The van der Waals surface area contributed by atoms with Gasteiger partial charge in [-0.05, 0) is 39.0 Å². The number of hydrogen-bond acceptors (Lipinski definition) is 8.